The maximum atomic E-state index is 14.1. The molecule has 6 nitrogen and oxygen atoms in total. The van der Waals surface area contributed by atoms with Crippen molar-refractivity contribution in [2.24, 2.45) is 5.92 Å². The standard InChI is InChI=1S/C18H27FN2O4S/c1-13(2)4-5-14(3)20-18(22)16-12-15(6-7-17(16)19)26(23,24)21-8-10-25-11-9-21/h6-7,12-14H,4-5,8-11H2,1-3H3,(H,20,22). The third-order valence-electron chi connectivity index (χ3n) is 4.34. The average molecular weight is 386 g/mol. The smallest absolute Gasteiger partial charge is 0.254 e. The molecule has 0 radical (unpaired) electrons. The van der Waals surface area contributed by atoms with Crippen molar-refractivity contribution in [3.05, 3.63) is 29.6 Å². The van der Waals surface area contributed by atoms with Crippen molar-refractivity contribution >= 4 is 15.9 Å². The highest BCUT2D eigenvalue weighted by atomic mass is 32.2. The van der Waals surface area contributed by atoms with Gasteiger partial charge in [0, 0.05) is 19.1 Å². The predicted octanol–water partition coefficient (Wildman–Crippen LogP) is 2.40. The number of benzene rings is 1. The first kappa shape index (κ1) is 20.8. The van der Waals surface area contributed by atoms with E-state index in [2.05, 4.69) is 19.2 Å². The summed E-state index contributed by atoms with van der Waals surface area (Å²) >= 11 is 0. The summed E-state index contributed by atoms with van der Waals surface area (Å²) in [6, 6.07) is 3.22. The van der Waals surface area contributed by atoms with Gasteiger partial charge in [0.25, 0.3) is 5.91 Å². The molecule has 1 amide bonds. The van der Waals surface area contributed by atoms with E-state index in [1.807, 2.05) is 6.92 Å². The summed E-state index contributed by atoms with van der Waals surface area (Å²) in [5, 5.41) is 2.74. The van der Waals surface area contributed by atoms with Gasteiger partial charge in [0.05, 0.1) is 23.7 Å². The lowest BCUT2D eigenvalue weighted by Crippen LogP contribution is -2.40. The molecule has 1 aromatic carbocycles. The molecular weight excluding hydrogens is 359 g/mol. The monoisotopic (exact) mass is 386 g/mol. The second-order valence-corrected chi connectivity index (χ2v) is 8.94. The molecule has 1 atom stereocenters. The minimum atomic E-state index is -3.78. The lowest BCUT2D eigenvalue weighted by atomic mass is 10.0. The Bertz CT molecular complexity index is 731. The minimum absolute atomic E-state index is 0.0826. The number of rotatable bonds is 7. The van der Waals surface area contributed by atoms with E-state index >= 15 is 0 Å². The highest BCUT2D eigenvalue weighted by Crippen LogP contribution is 2.20. The van der Waals surface area contributed by atoms with Gasteiger partial charge in [-0.3, -0.25) is 4.79 Å². The van der Waals surface area contributed by atoms with E-state index in [1.165, 1.54) is 10.4 Å². The number of sulfonamides is 1. The van der Waals surface area contributed by atoms with Gasteiger partial charge in [-0.2, -0.15) is 4.31 Å². The van der Waals surface area contributed by atoms with Gasteiger partial charge >= 0.3 is 0 Å². The van der Waals surface area contributed by atoms with Gasteiger partial charge in [0.2, 0.25) is 10.0 Å². The summed E-state index contributed by atoms with van der Waals surface area (Å²) in [4.78, 5) is 12.3. The molecule has 26 heavy (non-hydrogen) atoms. The number of halogens is 1. The third-order valence-corrected chi connectivity index (χ3v) is 6.24. The van der Waals surface area contributed by atoms with Crippen LogP contribution in [0.15, 0.2) is 23.1 Å². The van der Waals surface area contributed by atoms with Crippen molar-refractivity contribution in [2.45, 2.75) is 44.6 Å². The lowest BCUT2D eigenvalue weighted by Gasteiger charge is -2.26. The Morgan fingerprint density at radius 3 is 2.50 bits per heavy atom. The highest BCUT2D eigenvalue weighted by Gasteiger charge is 2.28. The molecule has 8 heteroatoms. The van der Waals surface area contributed by atoms with Crippen molar-refractivity contribution in [3.63, 3.8) is 0 Å². The van der Waals surface area contributed by atoms with E-state index in [4.69, 9.17) is 4.74 Å². The van der Waals surface area contributed by atoms with Gasteiger partial charge in [-0.05, 0) is 43.9 Å². The first-order valence-corrected chi connectivity index (χ1v) is 10.3. The molecule has 1 aliphatic heterocycles. The molecule has 1 aromatic rings. The molecule has 2 rings (SSSR count). The molecule has 1 aliphatic rings. The summed E-state index contributed by atoms with van der Waals surface area (Å²) in [7, 11) is -3.78. The molecule has 1 fully saturated rings. The number of carbonyl (C=O) groups is 1. The Balaban J connectivity index is 2.17. The fourth-order valence-corrected chi connectivity index (χ4v) is 4.17. The van der Waals surface area contributed by atoms with Crippen LogP contribution in [0.2, 0.25) is 0 Å². The molecule has 1 saturated heterocycles. The molecule has 0 aromatic heterocycles. The van der Waals surface area contributed by atoms with Crippen LogP contribution in [0.4, 0.5) is 4.39 Å². The minimum Gasteiger partial charge on any atom is -0.379 e. The number of ether oxygens (including phenoxy) is 1. The van der Waals surface area contributed by atoms with Crippen LogP contribution in [0.5, 0.6) is 0 Å². The number of carbonyl (C=O) groups excluding carboxylic acids is 1. The predicted molar refractivity (Wildman–Crippen MR) is 97.0 cm³/mol. The summed E-state index contributed by atoms with van der Waals surface area (Å²) in [6.07, 6.45) is 1.71. The van der Waals surface area contributed by atoms with Gasteiger partial charge in [-0.25, -0.2) is 12.8 Å². The summed E-state index contributed by atoms with van der Waals surface area (Å²) < 4.78 is 46.0. The van der Waals surface area contributed by atoms with Gasteiger partial charge < -0.3 is 10.1 Å². The molecule has 0 saturated carbocycles. The maximum absolute atomic E-state index is 14.1. The van der Waals surface area contributed by atoms with Crippen molar-refractivity contribution in [1.29, 1.82) is 0 Å². The number of hydrogen-bond donors (Lipinski definition) is 1. The Morgan fingerprint density at radius 1 is 1.23 bits per heavy atom. The number of nitrogens with one attached hydrogen (secondary N) is 1. The van der Waals surface area contributed by atoms with Gasteiger partial charge in [-0.1, -0.05) is 13.8 Å². The van der Waals surface area contributed by atoms with Crippen molar-refractivity contribution in [1.82, 2.24) is 9.62 Å². The van der Waals surface area contributed by atoms with Crippen molar-refractivity contribution in [3.8, 4) is 0 Å². The fourth-order valence-electron chi connectivity index (χ4n) is 2.73. The fraction of sp³-hybridized carbons (Fsp3) is 0.611. The van der Waals surface area contributed by atoms with Crippen molar-refractivity contribution < 1.29 is 22.3 Å². The van der Waals surface area contributed by atoms with Crippen molar-refractivity contribution in [2.75, 3.05) is 26.3 Å². The van der Waals surface area contributed by atoms with Gasteiger partial charge in [0.15, 0.2) is 0 Å². The molecule has 0 bridgehead atoms. The van der Waals surface area contributed by atoms with Crippen LogP contribution in [0.25, 0.3) is 0 Å². The quantitative estimate of drug-likeness (QED) is 0.781. The summed E-state index contributed by atoms with van der Waals surface area (Å²) in [6.45, 7) is 7.16. The lowest BCUT2D eigenvalue weighted by molar-refractivity contribution is 0.0730. The first-order chi connectivity index (χ1) is 12.2. The summed E-state index contributed by atoms with van der Waals surface area (Å²) in [5.41, 5.74) is -0.254. The van der Waals surface area contributed by atoms with E-state index in [1.54, 1.807) is 0 Å². The molecule has 1 heterocycles. The van der Waals surface area contributed by atoms with E-state index in [-0.39, 0.29) is 29.6 Å². The maximum Gasteiger partial charge on any atom is 0.254 e. The molecule has 0 aliphatic carbocycles. The van der Waals surface area contributed by atoms with E-state index in [9.17, 15) is 17.6 Å². The van der Waals surface area contributed by atoms with E-state index < -0.39 is 21.7 Å². The number of nitrogens with zero attached hydrogens (tertiary/aromatic N) is 1. The van der Waals surface area contributed by atoms with Crippen LogP contribution in [-0.2, 0) is 14.8 Å². The second kappa shape index (κ2) is 8.92. The molecule has 0 spiro atoms. The van der Waals surface area contributed by atoms with Crippen LogP contribution in [0, 0.1) is 11.7 Å². The van der Waals surface area contributed by atoms with Crippen LogP contribution >= 0.6 is 0 Å². The highest BCUT2D eigenvalue weighted by molar-refractivity contribution is 7.89. The zero-order chi connectivity index (χ0) is 19.3. The summed E-state index contributed by atoms with van der Waals surface area (Å²) in [5.74, 6) is -0.828. The van der Waals surface area contributed by atoms with Crippen LogP contribution in [0.1, 0.15) is 44.0 Å². The Morgan fingerprint density at radius 2 is 1.88 bits per heavy atom. The van der Waals surface area contributed by atoms with E-state index in [0.29, 0.717) is 19.1 Å². The number of hydrogen-bond acceptors (Lipinski definition) is 4. The Kier molecular flexibility index (Phi) is 7.14. The topological polar surface area (TPSA) is 75.7 Å². The van der Waals surface area contributed by atoms with Gasteiger partial charge in [0.1, 0.15) is 5.82 Å². The average Bonchev–Trinajstić information content (AvgIpc) is 2.60. The van der Waals surface area contributed by atoms with E-state index in [0.717, 1.165) is 25.0 Å². The van der Waals surface area contributed by atoms with Crippen LogP contribution in [0.3, 0.4) is 0 Å². The molecule has 1 N–H and O–H groups in total. The zero-order valence-corrected chi connectivity index (χ0v) is 16.3. The molecule has 1 unspecified atom stereocenters. The van der Waals surface area contributed by atoms with Crippen LogP contribution in [-0.4, -0.2) is 51.0 Å². The Labute approximate surface area is 154 Å². The second-order valence-electron chi connectivity index (χ2n) is 7.00. The van der Waals surface area contributed by atoms with Gasteiger partial charge in [-0.15, -0.1) is 0 Å². The number of morpholine rings is 1. The Hall–Kier alpha value is -1.51. The number of amides is 1. The third kappa shape index (κ3) is 5.25. The first-order valence-electron chi connectivity index (χ1n) is 8.90. The largest absolute Gasteiger partial charge is 0.379 e. The SMILES string of the molecule is CC(C)CCC(C)NC(=O)c1cc(S(=O)(=O)N2CCOCC2)ccc1F. The normalized spacial score (nSPS) is 17.3. The molecule has 146 valence electrons. The van der Waals surface area contributed by atoms with Crippen LogP contribution < -0.4 is 5.32 Å². The molecular formula is C18H27FN2O4S. The zero-order valence-electron chi connectivity index (χ0n) is 15.5.